The van der Waals surface area contributed by atoms with Crippen molar-refractivity contribution in [3.05, 3.63) is 60.2 Å². The predicted octanol–water partition coefficient (Wildman–Crippen LogP) is 2.93. The molecule has 1 fully saturated rings. The summed E-state index contributed by atoms with van der Waals surface area (Å²) >= 11 is 0. The molecule has 3 rings (SSSR count). The van der Waals surface area contributed by atoms with Gasteiger partial charge in [0.25, 0.3) is 0 Å². The fourth-order valence-electron chi connectivity index (χ4n) is 3.49. The van der Waals surface area contributed by atoms with Crippen molar-refractivity contribution in [2.45, 2.75) is 31.7 Å². The first-order valence-electron chi connectivity index (χ1n) is 8.28. The first kappa shape index (κ1) is 16.2. The highest BCUT2D eigenvalue weighted by molar-refractivity contribution is 5.86. The minimum absolute atomic E-state index is 0.0864. The Morgan fingerprint density at radius 1 is 1.00 bits per heavy atom. The molecule has 2 amide bonds. The molecule has 0 radical (unpaired) electrons. The van der Waals surface area contributed by atoms with E-state index in [4.69, 9.17) is 5.73 Å². The lowest BCUT2D eigenvalue weighted by Crippen LogP contribution is -2.51. The average molecular weight is 322 g/mol. The average Bonchev–Trinajstić information content (AvgIpc) is 2.62. The largest absolute Gasteiger partial charge is 0.368 e. The van der Waals surface area contributed by atoms with Crippen LogP contribution in [0.5, 0.6) is 0 Å². The zero-order chi connectivity index (χ0) is 17.1. The first-order chi connectivity index (χ1) is 11.6. The molecular weight excluding hydrogens is 300 g/mol. The molecule has 0 saturated carbocycles. The molecule has 2 N–H and O–H groups in total. The van der Waals surface area contributed by atoms with E-state index in [-0.39, 0.29) is 11.8 Å². The van der Waals surface area contributed by atoms with Gasteiger partial charge in [0.1, 0.15) is 6.04 Å². The van der Waals surface area contributed by atoms with Gasteiger partial charge in [0, 0.05) is 13.5 Å². The van der Waals surface area contributed by atoms with Gasteiger partial charge in [-0.3, -0.25) is 9.59 Å². The van der Waals surface area contributed by atoms with Crippen LogP contribution in [0.1, 0.15) is 31.2 Å². The maximum Gasteiger partial charge on any atom is 0.240 e. The Kier molecular flexibility index (Phi) is 4.65. The van der Waals surface area contributed by atoms with E-state index >= 15 is 0 Å². The van der Waals surface area contributed by atoms with Crippen LogP contribution in [0.3, 0.4) is 0 Å². The topological polar surface area (TPSA) is 63.4 Å². The van der Waals surface area contributed by atoms with Crippen molar-refractivity contribution < 1.29 is 9.59 Å². The quantitative estimate of drug-likeness (QED) is 0.944. The molecular formula is C20H22N2O2. The van der Waals surface area contributed by atoms with Gasteiger partial charge in [-0.05, 0) is 35.4 Å². The van der Waals surface area contributed by atoms with Crippen molar-refractivity contribution in [1.29, 1.82) is 0 Å². The molecule has 1 aliphatic rings. The third kappa shape index (κ3) is 3.32. The van der Waals surface area contributed by atoms with Crippen molar-refractivity contribution in [2.24, 2.45) is 5.73 Å². The molecule has 0 aromatic heterocycles. The van der Waals surface area contributed by atoms with Gasteiger partial charge in [-0.15, -0.1) is 0 Å². The van der Waals surface area contributed by atoms with Crippen molar-refractivity contribution in [3.63, 3.8) is 0 Å². The molecule has 24 heavy (non-hydrogen) atoms. The number of amides is 2. The highest BCUT2D eigenvalue weighted by Gasteiger charge is 2.34. The Labute approximate surface area is 142 Å². The van der Waals surface area contributed by atoms with Crippen molar-refractivity contribution in [3.8, 4) is 11.1 Å². The molecule has 124 valence electrons. The number of nitrogens with two attached hydrogens (primary N) is 1. The SMILES string of the molecule is CC(=O)N1CC[C@H](c2ccc(-c3ccccc3)cc2)C[C@H]1C(N)=O. The second-order valence-corrected chi connectivity index (χ2v) is 6.34. The molecule has 0 spiro atoms. The van der Waals surface area contributed by atoms with E-state index in [9.17, 15) is 9.59 Å². The van der Waals surface area contributed by atoms with Crippen LogP contribution in [-0.4, -0.2) is 29.3 Å². The third-order valence-electron chi connectivity index (χ3n) is 4.82. The number of carbonyl (C=O) groups excluding carboxylic acids is 2. The molecule has 2 atom stereocenters. The summed E-state index contributed by atoms with van der Waals surface area (Å²) in [5, 5.41) is 0. The molecule has 0 unspecified atom stereocenters. The lowest BCUT2D eigenvalue weighted by atomic mass is 9.84. The number of hydrogen-bond donors (Lipinski definition) is 1. The summed E-state index contributed by atoms with van der Waals surface area (Å²) in [4.78, 5) is 25.0. The van der Waals surface area contributed by atoms with Gasteiger partial charge >= 0.3 is 0 Å². The standard InChI is InChI=1S/C20H22N2O2/c1-14(23)22-12-11-18(13-19(22)20(21)24)17-9-7-16(8-10-17)15-5-3-2-4-6-15/h2-10,18-19H,11-13H2,1H3,(H2,21,24)/t18-,19-/m0/s1. The van der Waals surface area contributed by atoms with E-state index in [0.29, 0.717) is 13.0 Å². The summed E-state index contributed by atoms with van der Waals surface area (Å²) in [6, 6.07) is 18.2. The second kappa shape index (κ2) is 6.87. The molecule has 1 heterocycles. The zero-order valence-electron chi connectivity index (χ0n) is 13.8. The van der Waals surface area contributed by atoms with Gasteiger partial charge in [-0.1, -0.05) is 54.6 Å². The van der Waals surface area contributed by atoms with E-state index in [1.54, 1.807) is 4.90 Å². The Hall–Kier alpha value is -2.62. The number of carbonyl (C=O) groups is 2. The molecule has 2 aromatic carbocycles. The molecule has 4 nitrogen and oxygen atoms in total. The molecule has 1 aliphatic heterocycles. The van der Waals surface area contributed by atoms with E-state index < -0.39 is 11.9 Å². The van der Waals surface area contributed by atoms with E-state index in [0.717, 1.165) is 6.42 Å². The summed E-state index contributed by atoms with van der Waals surface area (Å²) in [6.07, 6.45) is 1.45. The molecule has 2 aromatic rings. The fourth-order valence-corrected chi connectivity index (χ4v) is 3.49. The zero-order valence-corrected chi connectivity index (χ0v) is 13.8. The Balaban J connectivity index is 1.77. The van der Waals surface area contributed by atoms with Gasteiger partial charge in [-0.25, -0.2) is 0 Å². The summed E-state index contributed by atoms with van der Waals surface area (Å²) in [6.45, 7) is 2.07. The van der Waals surface area contributed by atoms with Crippen LogP contribution < -0.4 is 5.73 Å². The van der Waals surface area contributed by atoms with Crippen LogP contribution in [0, 0.1) is 0 Å². The van der Waals surface area contributed by atoms with Gasteiger partial charge in [0.15, 0.2) is 0 Å². The van der Waals surface area contributed by atoms with Crippen molar-refractivity contribution in [1.82, 2.24) is 4.90 Å². The first-order valence-corrected chi connectivity index (χ1v) is 8.28. The Bertz CT molecular complexity index is 725. The smallest absolute Gasteiger partial charge is 0.240 e. The number of hydrogen-bond acceptors (Lipinski definition) is 2. The second-order valence-electron chi connectivity index (χ2n) is 6.34. The highest BCUT2D eigenvalue weighted by atomic mass is 16.2. The molecule has 0 bridgehead atoms. The normalized spacial score (nSPS) is 20.6. The lowest BCUT2D eigenvalue weighted by molar-refractivity contribution is -0.139. The van der Waals surface area contributed by atoms with Crippen LogP contribution in [-0.2, 0) is 9.59 Å². The van der Waals surface area contributed by atoms with Crippen LogP contribution >= 0.6 is 0 Å². The van der Waals surface area contributed by atoms with Crippen LogP contribution in [0.15, 0.2) is 54.6 Å². The predicted molar refractivity (Wildman–Crippen MR) is 94.2 cm³/mol. The molecule has 4 heteroatoms. The lowest BCUT2D eigenvalue weighted by Gasteiger charge is -2.37. The van der Waals surface area contributed by atoms with Crippen LogP contribution in [0.2, 0.25) is 0 Å². The monoisotopic (exact) mass is 322 g/mol. The molecule has 0 aliphatic carbocycles. The number of nitrogens with zero attached hydrogens (tertiary/aromatic N) is 1. The highest BCUT2D eigenvalue weighted by Crippen LogP contribution is 2.32. The summed E-state index contributed by atoms with van der Waals surface area (Å²) in [5.41, 5.74) is 9.06. The summed E-state index contributed by atoms with van der Waals surface area (Å²) in [7, 11) is 0. The van der Waals surface area contributed by atoms with Gasteiger partial charge in [-0.2, -0.15) is 0 Å². The Morgan fingerprint density at radius 2 is 1.62 bits per heavy atom. The number of likely N-dealkylation sites (tertiary alicyclic amines) is 1. The van der Waals surface area contributed by atoms with Crippen LogP contribution in [0.25, 0.3) is 11.1 Å². The maximum atomic E-state index is 11.7. The van der Waals surface area contributed by atoms with Crippen LogP contribution in [0.4, 0.5) is 0 Å². The van der Waals surface area contributed by atoms with E-state index in [1.807, 2.05) is 18.2 Å². The number of benzene rings is 2. The summed E-state index contributed by atoms with van der Waals surface area (Å²) < 4.78 is 0. The van der Waals surface area contributed by atoms with E-state index in [2.05, 4.69) is 36.4 Å². The number of primary amides is 1. The molecule has 1 saturated heterocycles. The Morgan fingerprint density at radius 3 is 2.21 bits per heavy atom. The van der Waals surface area contributed by atoms with Crippen molar-refractivity contribution in [2.75, 3.05) is 6.54 Å². The summed E-state index contributed by atoms with van der Waals surface area (Å²) in [5.74, 6) is -0.254. The minimum Gasteiger partial charge on any atom is -0.368 e. The van der Waals surface area contributed by atoms with Gasteiger partial charge in [0.05, 0.1) is 0 Å². The fraction of sp³-hybridized carbons (Fsp3) is 0.300. The van der Waals surface area contributed by atoms with Gasteiger partial charge in [0.2, 0.25) is 11.8 Å². The van der Waals surface area contributed by atoms with Gasteiger partial charge < -0.3 is 10.6 Å². The van der Waals surface area contributed by atoms with Crippen molar-refractivity contribution >= 4 is 11.8 Å². The maximum absolute atomic E-state index is 11.7. The number of rotatable bonds is 3. The van der Waals surface area contributed by atoms with E-state index in [1.165, 1.54) is 23.6 Å². The third-order valence-corrected chi connectivity index (χ3v) is 4.82. The minimum atomic E-state index is -0.505. The number of piperidine rings is 1.